The van der Waals surface area contributed by atoms with E-state index >= 15 is 0 Å². The lowest BCUT2D eigenvalue weighted by Crippen LogP contribution is -2.37. The van der Waals surface area contributed by atoms with E-state index in [-0.39, 0.29) is 23.3 Å². The van der Waals surface area contributed by atoms with Crippen molar-refractivity contribution in [1.82, 2.24) is 14.5 Å². The molecule has 0 unspecified atom stereocenters. The van der Waals surface area contributed by atoms with Gasteiger partial charge in [0.15, 0.2) is 0 Å². The third kappa shape index (κ3) is 5.78. The maximum absolute atomic E-state index is 13.0. The molecule has 2 N–H and O–H groups in total. The monoisotopic (exact) mass is 492 g/mol. The molecule has 0 aliphatic carbocycles. The molecule has 0 spiro atoms. The number of hydrogen-bond donors (Lipinski definition) is 2. The molecule has 1 fully saturated rings. The maximum atomic E-state index is 13.0. The number of nitrogens with one attached hydrogen (secondary N) is 2. The Hall–Kier alpha value is -2.78. The molecule has 3 rings (SSSR count). The number of carbonyl (C=O) groups excluding carboxylic acids is 1. The molecule has 1 amide bonds. The second-order valence-corrected chi connectivity index (χ2v) is 10.0. The number of amides is 1. The van der Waals surface area contributed by atoms with Crippen LogP contribution in [-0.4, -0.2) is 62.8 Å². The quantitative estimate of drug-likeness (QED) is 0.529. The molecule has 1 aliphatic rings. The SMILES string of the molecule is CCCCN1CCN(S(=O)(=O)c2ccc(CCNC(=O)c3cc(Cl)ccc3OC)cc2)C1=N. The summed E-state index contributed by atoms with van der Waals surface area (Å²) < 4.78 is 32.4. The van der Waals surface area contributed by atoms with Crippen LogP contribution < -0.4 is 10.1 Å². The van der Waals surface area contributed by atoms with Gasteiger partial charge in [0.05, 0.1) is 24.1 Å². The molecule has 2 aromatic carbocycles. The molecule has 33 heavy (non-hydrogen) atoms. The van der Waals surface area contributed by atoms with Crippen molar-refractivity contribution in [3.8, 4) is 5.75 Å². The summed E-state index contributed by atoms with van der Waals surface area (Å²) in [5.74, 6) is 0.174. The summed E-state index contributed by atoms with van der Waals surface area (Å²) in [7, 11) is -2.29. The molecule has 0 atom stereocenters. The van der Waals surface area contributed by atoms with Gasteiger partial charge in [-0.15, -0.1) is 0 Å². The lowest BCUT2D eigenvalue weighted by molar-refractivity contribution is 0.0951. The summed E-state index contributed by atoms with van der Waals surface area (Å²) in [6, 6.07) is 11.4. The lowest BCUT2D eigenvalue weighted by atomic mass is 10.1. The molecule has 0 bridgehead atoms. The average Bonchev–Trinajstić information content (AvgIpc) is 3.18. The van der Waals surface area contributed by atoms with Gasteiger partial charge < -0.3 is 15.0 Å². The van der Waals surface area contributed by atoms with Crippen molar-refractivity contribution in [3.63, 3.8) is 0 Å². The number of ether oxygens (including phenoxy) is 1. The fraction of sp³-hybridized carbons (Fsp3) is 0.391. The zero-order chi connectivity index (χ0) is 24.0. The zero-order valence-corrected chi connectivity index (χ0v) is 20.4. The predicted octanol–water partition coefficient (Wildman–Crippen LogP) is 3.36. The van der Waals surface area contributed by atoms with Crippen molar-refractivity contribution in [2.45, 2.75) is 31.1 Å². The third-order valence-corrected chi connectivity index (χ3v) is 7.55. The van der Waals surface area contributed by atoms with Crippen molar-refractivity contribution in [3.05, 3.63) is 58.6 Å². The van der Waals surface area contributed by atoms with Crippen LogP contribution in [0.3, 0.4) is 0 Å². The Bertz CT molecular complexity index is 1110. The van der Waals surface area contributed by atoms with Crippen LogP contribution in [0.4, 0.5) is 0 Å². The lowest BCUT2D eigenvalue weighted by Gasteiger charge is -2.21. The number of methoxy groups -OCH3 is 1. The maximum Gasteiger partial charge on any atom is 0.266 e. The van der Waals surface area contributed by atoms with E-state index in [4.69, 9.17) is 21.7 Å². The summed E-state index contributed by atoms with van der Waals surface area (Å²) >= 11 is 5.98. The fourth-order valence-electron chi connectivity index (χ4n) is 3.61. The molecular formula is C23H29ClN4O4S. The Labute approximate surface area is 200 Å². The normalized spacial score (nSPS) is 14.0. The Morgan fingerprint density at radius 2 is 1.91 bits per heavy atom. The van der Waals surface area contributed by atoms with Gasteiger partial charge in [0.2, 0.25) is 5.96 Å². The van der Waals surface area contributed by atoms with Gasteiger partial charge in [-0.05, 0) is 48.7 Å². The van der Waals surface area contributed by atoms with Gasteiger partial charge in [0.25, 0.3) is 15.9 Å². The van der Waals surface area contributed by atoms with Crippen LogP contribution in [0.2, 0.25) is 5.02 Å². The first kappa shape index (κ1) is 24.9. The van der Waals surface area contributed by atoms with E-state index in [1.54, 1.807) is 47.4 Å². The highest BCUT2D eigenvalue weighted by Gasteiger charge is 2.34. The number of guanidine groups is 1. The molecule has 10 heteroatoms. The summed E-state index contributed by atoms with van der Waals surface area (Å²) in [5.41, 5.74) is 1.24. The number of unbranched alkanes of at least 4 members (excludes halogenated alkanes) is 1. The van der Waals surface area contributed by atoms with Crippen molar-refractivity contribution in [2.24, 2.45) is 0 Å². The highest BCUT2D eigenvalue weighted by molar-refractivity contribution is 7.89. The van der Waals surface area contributed by atoms with Crippen molar-refractivity contribution >= 4 is 33.5 Å². The standard InChI is InChI=1S/C23H29ClN4O4S/c1-3-4-13-27-14-15-28(23(27)25)33(30,31)19-8-5-17(6-9-19)11-12-26-22(29)20-16-18(24)7-10-21(20)32-2/h5-10,16,25H,3-4,11-15H2,1-2H3,(H,26,29). The molecule has 0 aromatic heterocycles. The van der Waals surface area contributed by atoms with E-state index in [1.807, 2.05) is 0 Å². The number of benzene rings is 2. The number of rotatable bonds is 10. The van der Waals surface area contributed by atoms with E-state index in [0.717, 1.165) is 22.7 Å². The fourth-order valence-corrected chi connectivity index (χ4v) is 5.18. The number of hydrogen-bond acceptors (Lipinski definition) is 5. The average molecular weight is 493 g/mol. The van der Waals surface area contributed by atoms with Crippen molar-refractivity contribution in [1.29, 1.82) is 5.41 Å². The van der Waals surface area contributed by atoms with Gasteiger partial charge in [-0.3, -0.25) is 10.2 Å². The van der Waals surface area contributed by atoms with E-state index < -0.39 is 10.0 Å². The molecule has 2 aromatic rings. The Morgan fingerprint density at radius 1 is 1.18 bits per heavy atom. The minimum absolute atomic E-state index is 0.0340. The predicted molar refractivity (Wildman–Crippen MR) is 129 cm³/mol. The smallest absolute Gasteiger partial charge is 0.266 e. The molecule has 1 heterocycles. The Balaban J connectivity index is 1.59. The molecule has 8 nitrogen and oxygen atoms in total. The van der Waals surface area contributed by atoms with Crippen LogP contribution in [-0.2, 0) is 16.4 Å². The van der Waals surface area contributed by atoms with Gasteiger partial charge in [0, 0.05) is 24.7 Å². The number of nitrogens with zero attached hydrogens (tertiary/aromatic N) is 2. The number of sulfonamides is 1. The zero-order valence-electron chi connectivity index (χ0n) is 18.8. The number of carbonyl (C=O) groups is 1. The van der Waals surface area contributed by atoms with E-state index in [1.165, 1.54) is 7.11 Å². The second kappa shape index (κ2) is 10.9. The van der Waals surface area contributed by atoms with Crippen molar-refractivity contribution < 1.29 is 17.9 Å². The first-order valence-corrected chi connectivity index (χ1v) is 12.7. The Morgan fingerprint density at radius 3 is 2.58 bits per heavy atom. The third-order valence-electron chi connectivity index (χ3n) is 5.51. The molecule has 0 saturated carbocycles. The number of halogens is 1. The minimum Gasteiger partial charge on any atom is -0.496 e. The Kier molecular flexibility index (Phi) is 8.20. The minimum atomic E-state index is -3.77. The molecule has 178 valence electrons. The van der Waals surface area contributed by atoms with Crippen LogP contribution in [0.25, 0.3) is 0 Å². The first-order chi connectivity index (χ1) is 15.8. The largest absolute Gasteiger partial charge is 0.496 e. The molecule has 0 radical (unpaired) electrons. The van der Waals surface area contributed by atoms with Gasteiger partial charge in [-0.1, -0.05) is 37.1 Å². The van der Waals surface area contributed by atoms with Crippen LogP contribution in [0, 0.1) is 5.41 Å². The van der Waals surface area contributed by atoms with Crippen molar-refractivity contribution in [2.75, 3.05) is 33.3 Å². The van der Waals surface area contributed by atoms with Gasteiger partial charge in [0.1, 0.15) is 5.75 Å². The topological polar surface area (TPSA) is 103 Å². The highest BCUT2D eigenvalue weighted by atomic mass is 35.5. The second-order valence-electron chi connectivity index (χ2n) is 7.74. The summed E-state index contributed by atoms with van der Waals surface area (Å²) in [6.45, 7) is 3.94. The summed E-state index contributed by atoms with van der Waals surface area (Å²) in [6.07, 6.45) is 2.44. The van der Waals surface area contributed by atoms with E-state index in [9.17, 15) is 13.2 Å². The van der Waals surface area contributed by atoms with Crippen LogP contribution in [0.1, 0.15) is 35.7 Å². The molecular weight excluding hydrogens is 464 g/mol. The summed E-state index contributed by atoms with van der Waals surface area (Å²) in [5, 5.41) is 11.5. The van der Waals surface area contributed by atoms with Gasteiger partial charge in [-0.2, -0.15) is 0 Å². The van der Waals surface area contributed by atoms with Crippen LogP contribution in [0.5, 0.6) is 5.75 Å². The van der Waals surface area contributed by atoms with Gasteiger partial charge in [-0.25, -0.2) is 12.7 Å². The van der Waals surface area contributed by atoms with Crippen LogP contribution >= 0.6 is 11.6 Å². The highest BCUT2D eigenvalue weighted by Crippen LogP contribution is 2.23. The van der Waals surface area contributed by atoms with Crippen LogP contribution in [0.15, 0.2) is 47.4 Å². The van der Waals surface area contributed by atoms with E-state index in [2.05, 4.69) is 12.2 Å². The first-order valence-electron chi connectivity index (χ1n) is 10.8. The van der Waals surface area contributed by atoms with E-state index in [0.29, 0.717) is 42.4 Å². The molecule has 1 saturated heterocycles. The summed E-state index contributed by atoms with van der Waals surface area (Å²) in [4.78, 5) is 14.4. The molecule has 1 aliphatic heterocycles. The van der Waals surface area contributed by atoms with Gasteiger partial charge >= 0.3 is 0 Å².